The Kier molecular flexibility index (Phi) is 4.71. The molecule has 0 spiro atoms. The molecule has 2 aromatic rings. The molecule has 0 heterocycles. The summed E-state index contributed by atoms with van der Waals surface area (Å²) in [6.07, 6.45) is 0. The maximum Gasteiger partial charge on any atom is 0.216 e. The van der Waals surface area contributed by atoms with Gasteiger partial charge in [0.15, 0.2) is 0 Å². The zero-order valence-corrected chi connectivity index (χ0v) is 13.6. The fourth-order valence-electron chi connectivity index (χ4n) is 2.14. The van der Waals surface area contributed by atoms with Gasteiger partial charge in [0.25, 0.3) is 0 Å². The summed E-state index contributed by atoms with van der Waals surface area (Å²) in [5.74, 6) is -0.0368. The number of hydrogen-bond donors (Lipinski definition) is 1. The number of hydrogen-bond acceptors (Lipinski definition) is 2. The van der Waals surface area contributed by atoms with E-state index in [1.807, 2.05) is 44.2 Å². The Labute approximate surface area is 131 Å². The van der Waals surface area contributed by atoms with Crippen LogP contribution in [0.3, 0.4) is 0 Å². The van der Waals surface area contributed by atoms with Crippen LogP contribution in [0.1, 0.15) is 25.0 Å². The fraction of sp³-hybridized carbons (Fsp3) is 0.250. The van der Waals surface area contributed by atoms with Crippen LogP contribution >= 0.6 is 11.6 Å². The predicted molar refractivity (Wildman–Crippen MR) is 86.7 cm³/mol. The molecular weight excluding hydrogens is 306 g/mol. The van der Waals surface area contributed by atoms with Gasteiger partial charge in [-0.25, -0.2) is 13.1 Å². The Balaban J connectivity index is 2.17. The Morgan fingerprint density at radius 1 is 1.00 bits per heavy atom. The van der Waals surface area contributed by atoms with Crippen LogP contribution in [0.4, 0.5) is 0 Å². The van der Waals surface area contributed by atoms with E-state index < -0.39 is 15.6 Å². The Morgan fingerprint density at radius 3 is 2.14 bits per heavy atom. The van der Waals surface area contributed by atoms with Gasteiger partial charge in [0.2, 0.25) is 10.0 Å². The minimum Gasteiger partial charge on any atom is -0.212 e. The Morgan fingerprint density at radius 2 is 1.57 bits per heavy atom. The number of benzene rings is 2. The third-order valence-corrected chi connectivity index (χ3v) is 4.96. The molecule has 0 fully saturated rings. The van der Waals surface area contributed by atoms with Gasteiger partial charge in [-0.15, -0.1) is 0 Å². The quantitative estimate of drug-likeness (QED) is 0.912. The van der Waals surface area contributed by atoms with Gasteiger partial charge in [0.05, 0.1) is 11.3 Å². The average molecular weight is 324 g/mol. The lowest BCUT2D eigenvalue weighted by atomic mass is 9.96. The van der Waals surface area contributed by atoms with Crippen LogP contribution in [0.15, 0.2) is 54.6 Å². The van der Waals surface area contributed by atoms with Gasteiger partial charge in [-0.3, -0.25) is 0 Å². The van der Waals surface area contributed by atoms with Gasteiger partial charge in [-0.05, 0) is 37.1 Å². The van der Waals surface area contributed by atoms with Crippen LogP contribution in [0.5, 0.6) is 0 Å². The standard InChI is InChI=1S/C16H18ClNO2S/c1-16(2,14-8-10-15(17)11-9-14)18-21(19,20)12-13-6-4-3-5-7-13/h3-11,18H,12H2,1-2H3. The van der Waals surface area contributed by atoms with E-state index in [0.717, 1.165) is 11.1 Å². The van der Waals surface area contributed by atoms with Crippen LogP contribution in [-0.2, 0) is 21.3 Å². The van der Waals surface area contributed by atoms with Crippen molar-refractivity contribution in [3.63, 3.8) is 0 Å². The number of sulfonamides is 1. The third-order valence-electron chi connectivity index (χ3n) is 3.18. The molecule has 0 unspecified atom stereocenters. The van der Waals surface area contributed by atoms with Crippen molar-refractivity contribution in [3.05, 3.63) is 70.7 Å². The minimum absolute atomic E-state index is 0.0368. The van der Waals surface area contributed by atoms with E-state index in [4.69, 9.17) is 11.6 Å². The number of halogens is 1. The third kappa shape index (κ3) is 4.56. The lowest BCUT2D eigenvalue weighted by Crippen LogP contribution is -2.41. The monoisotopic (exact) mass is 323 g/mol. The normalized spacial score (nSPS) is 12.3. The molecule has 0 radical (unpaired) electrons. The summed E-state index contributed by atoms with van der Waals surface area (Å²) in [6, 6.07) is 16.3. The Bertz CT molecular complexity index is 695. The summed E-state index contributed by atoms with van der Waals surface area (Å²) in [4.78, 5) is 0. The molecule has 2 aromatic carbocycles. The molecule has 21 heavy (non-hydrogen) atoms. The lowest BCUT2D eigenvalue weighted by Gasteiger charge is -2.26. The van der Waals surface area contributed by atoms with Crippen LogP contribution in [0.2, 0.25) is 5.02 Å². The van der Waals surface area contributed by atoms with Gasteiger partial charge < -0.3 is 0 Å². The molecule has 0 aliphatic carbocycles. The summed E-state index contributed by atoms with van der Waals surface area (Å²) in [5.41, 5.74) is 0.929. The summed E-state index contributed by atoms with van der Waals surface area (Å²) in [6.45, 7) is 3.66. The summed E-state index contributed by atoms with van der Waals surface area (Å²) >= 11 is 5.86. The first-order valence-corrected chi connectivity index (χ1v) is 8.63. The fourth-order valence-corrected chi connectivity index (χ4v) is 3.87. The van der Waals surface area contributed by atoms with Crippen molar-refractivity contribution in [2.75, 3.05) is 0 Å². The summed E-state index contributed by atoms with van der Waals surface area (Å²) < 4.78 is 27.4. The smallest absolute Gasteiger partial charge is 0.212 e. The van der Waals surface area contributed by atoms with Crippen LogP contribution < -0.4 is 4.72 Å². The van der Waals surface area contributed by atoms with Crippen LogP contribution in [0.25, 0.3) is 0 Å². The first-order chi connectivity index (χ1) is 9.78. The van der Waals surface area contributed by atoms with Gasteiger partial charge in [-0.1, -0.05) is 54.1 Å². The molecule has 3 nitrogen and oxygen atoms in total. The summed E-state index contributed by atoms with van der Waals surface area (Å²) in [5, 5.41) is 0.627. The first-order valence-electron chi connectivity index (χ1n) is 6.60. The molecule has 1 N–H and O–H groups in total. The number of rotatable bonds is 5. The zero-order valence-electron chi connectivity index (χ0n) is 12.0. The summed E-state index contributed by atoms with van der Waals surface area (Å²) in [7, 11) is -3.43. The molecule has 0 saturated carbocycles. The molecule has 2 rings (SSSR count). The minimum atomic E-state index is -3.43. The molecule has 0 bridgehead atoms. The van der Waals surface area contributed by atoms with Crippen LogP contribution in [-0.4, -0.2) is 8.42 Å². The lowest BCUT2D eigenvalue weighted by molar-refractivity contribution is 0.471. The first kappa shape index (κ1) is 16.0. The maximum atomic E-state index is 12.3. The molecule has 112 valence electrons. The zero-order chi connectivity index (χ0) is 15.5. The number of nitrogens with one attached hydrogen (secondary N) is 1. The van der Waals surface area contributed by atoms with E-state index >= 15 is 0 Å². The molecule has 0 saturated heterocycles. The second-order valence-electron chi connectivity index (χ2n) is 5.48. The molecule has 0 atom stereocenters. The van der Waals surface area contributed by atoms with E-state index in [0.29, 0.717) is 5.02 Å². The highest BCUT2D eigenvalue weighted by Crippen LogP contribution is 2.23. The van der Waals surface area contributed by atoms with Crippen molar-refractivity contribution in [2.24, 2.45) is 0 Å². The molecule has 0 aromatic heterocycles. The second kappa shape index (κ2) is 6.18. The maximum absolute atomic E-state index is 12.3. The van der Waals surface area contributed by atoms with E-state index in [1.54, 1.807) is 24.3 Å². The highest BCUT2D eigenvalue weighted by Gasteiger charge is 2.26. The average Bonchev–Trinajstić information content (AvgIpc) is 2.38. The van der Waals surface area contributed by atoms with E-state index in [-0.39, 0.29) is 5.75 Å². The predicted octanol–water partition coefficient (Wildman–Crippen LogP) is 3.69. The Hall–Kier alpha value is -1.36. The second-order valence-corrected chi connectivity index (χ2v) is 7.64. The van der Waals surface area contributed by atoms with Crippen molar-refractivity contribution in [1.82, 2.24) is 4.72 Å². The highest BCUT2D eigenvalue weighted by atomic mass is 35.5. The van der Waals surface area contributed by atoms with Crippen LogP contribution in [0, 0.1) is 0 Å². The van der Waals surface area contributed by atoms with Gasteiger partial charge in [-0.2, -0.15) is 0 Å². The largest absolute Gasteiger partial charge is 0.216 e. The molecule has 5 heteroatoms. The van der Waals surface area contributed by atoms with Crippen molar-refractivity contribution >= 4 is 21.6 Å². The van der Waals surface area contributed by atoms with Crippen molar-refractivity contribution in [1.29, 1.82) is 0 Å². The molecular formula is C16H18ClNO2S. The van der Waals surface area contributed by atoms with E-state index in [2.05, 4.69) is 4.72 Å². The van der Waals surface area contributed by atoms with Crippen molar-refractivity contribution < 1.29 is 8.42 Å². The van der Waals surface area contributed by atoms with Crippen molar-refractivity contribution in [2.45, 2.75) is 25.1 Å². The van der Waals surface area contributed by atoms with Gasteiger partial charge >= 0.3 is 0 Å². The molecule has 0 amide bonds. The molecule has 0 aliphatic heterocycles. The van der Waals surface area contributed by atoms with E-state index in [9.17, 15) is 8.42 Å². The SMILES string of the molecule is CC(C)(NS(=O)(=O)Cc1ccccc1)c1ccc(Cl)cc1. The topological polar surface area (TPSA) is 46.2 Å². The van der Waals surface area contributed by atoms with E-state index in [1.165, 1.54) is 0 Å². The van der Waals surface area contributed by atoms with Gasteiger partial charge in [0.1, 0.15) is 0 Å². The van der Waals surface area contributed by atoms with Crippen molar-refractivity contribution in [3.8, 4) is 0 Å². The molecule has 0 aliphatic rings. The van der Waals surface area contributed by atoms with Gasteiger partial charge in [0, 0.05) is 5.02 Å². The highest BCUT2D eigenvalue weighted by molar-refractivity contribution is 7.88.